The van der Waals surface area contributed by atoms with Crippen molar-refractivity contribution in [3.05, 3.63) is 47.5 Å². The summed E-state index contributed by atoms with van der Waals surface area (Å²) in [5, 5.41) is 2.93. The molecule has 0 unspecified atom stereocenters. The van der Waals surface area contributed by atoms with Crippen molar-refractivity contribution >= 4 is 5.91 Å². The molecule has 1 fully saturated rings. The average Bonchev–Trinajstić information content (AvgIpc) is 3.17. The van der Waals surface area contributed by atoms with Gasteiger partial charge in [0.25, 0.3) is 0 Å². The standard InChI is InChI=1S/C17H21N3O2/c1-12-13(2)20(11-19-12)15-7-5-14(6-8-15)10-18-17(21)16-4-3-9-22-16/h5-8,11,16H,3-4,9-10H2,1-2H3,(H,18,21)/t16-/m0/s1. The van der Waals surface area contributed by atoms with Gasteiger partial charge in [0.2, 0.25) is 5.91 Å². The molecule has 1 aromatic heterocycles. The molecule has 1 N–H and O–H groups in total. The van der Waals surface area contributed by atoms with Crippen LogP contribution >= 0.6 is 0 Å². The molecule has 0 saturated carbocycles. The summed E-state index contributed by atoms with van der Waals surface area (Å²) in [7, 11) is 0. The van der Waals surface area contributed by atoms with Gasteiger partial charge in [-0.05, 0) is 44.4 Å². The van der Waals surface area contributed by atoms with Crippen LogP contribution in [0.4, 0.5) is 0 Å². The van der Waals surface area contributed by atoms with E-state index in [1.807, 2.05) is 37.5 Å². The Bertz CT molecular complexity index is 655. The Morgan fingerprint density at radius 1 is 1.36 bits per heavy atom. The van der Waals surface area contributed by atoms with Gasteiger partial charge in [0.1, 0.15) is 6.10 Å². The zero-order chi connectivity index (χ0) is 15.5. The highest BCUT2D eigenvalue weighted by atomic mass is 16.5. The van der Waals surface area contributed by atoms with Crippen LogP contribution in [0.3, 0.4) is 0 Å². The predicted molar refractivity (Wildman–Crippen MR) is 83.9 cm³/mol. The van der Waals surface area contributed by atoms with Crippen molar-refractivity contribution in [1.82, 2.24) is 14.9 Å². The van der Waals surface area contributed by atoms with Crippen molar-refractivity contribution < 1.29 is 9.53 Å². The van der Waals surface area contributed by atoms with E-state index >= 15 is 0 Å². The number of nitrogens with one attached hydrogen (secondary N) is 1. The molecule has 0 bridgehead atoms. The number of aryl methyl sites for hydroxylation is 1. The van der Waals surface area contributed by atoms with E-state index in [9.17, 15) is 4.79 Å². The maximum Gasteiger partial charge on any atom is 0.249 e. The second-order valence-electron chi connectivity index (χ2n) is 5.67. The zero-order valence-corrected chi connectivity index (χ0v) is 13.0. The fourth-order valence-electron chi connectivity index (χ4n) is 2.62. The zero-order valence-electron chi connectivity index (χ0n) is 13.0. The van der Waals surface area contributed by atoms with E-state index in [4.69, 9.17) is 4.74 Å². The summed E-state index contributed by atoms with van der Waals surface area (Å²) >= 11 is 0. The maximum atomic E-state index is 11.9. The van der Waals surface area contributed by atoms with Gasteiger partial charge in [-0.3, -0.25) is 4.79 Å². The average molecular weight is 299 g/mol. The van der Waals surface area contributed by atoms with E-state index in [2.05, 4.69) is 21.8 Å². The molecule has 2 heterocycles. The van der Waals surface area contributed by atoms with E-state index in [0.717, 1.165) is 35.5 Å². The van der Waals surface area contributed by atoms with Crippen LogP contribution in [0, 0.1) is 13.8 Å². The van der Waals surface area contributed by atoms with Crippen LogP contribution < -0.4 is 5.32 Å². The lowest BCUT2D eigenvalue weighted by molar-refractivity contribution is -0.130. The van der Waals surface area contributed by atoms with Crippen LogP contribution in [0.5, 0.6) is 0 Å². The maximum absolute atomic E-state index is 11.9. The minimum absolute atomic E-state index is 0.0114. The number of carbonyl (C=O) groups is 1. The molecule has 5 heteroatoms. The SMILES string of the molecule is Cc1ncn(-c2ccc(CNC(=O)[C@@H]3CCCO3)cc2)c1C. The number of amides is 1. The summed E-state index contributed by atoms with van der Waals surface area (Å²) in [5.41, 5.74) is 4.32. The minimum Gasteiger partial charge on any atom is -0.368 e. The van der Waals surface area contributed by atoms with E-state index in [1.54, 1.807) is 0 Å². The van der Waals surface area contributed by atoms with E-state index < -0.39 is 0 Å². The van der Waals surface area contributed by atoms with Crippen molar-refractivity contribution in [3.8, 4) is 5.69 Å². The Morgan fingerprint density at radius 3 is 2.73 bits per heavy atom. The molecule has 0 spiro atoms. The Hall–Kier alpha value is -2.14. The molecule has 1 saturated heterocycles. The summed E-state index contributed by atoms with van der Waals surface area (Å²) < 4.78 is 7.43. The third-order valence-corrected chi connectivity index (χ3v) is 4.16. The summed E-state index contributed by atoms with van der Waals surface area (Å²) in [6, 6.07) is 8.14. The molecule has 1 amide bonds. The quantitative estimate of drug-likeness (QED) is 0.942. The van der Waals surface area contributed by atoms with Crippen molar-refractivity contribution in [3.63, 3.8) is 0 Å². The van der Waals surface area contributed by atoms with Crippen LogP contribution in [0.25, 0.3) is 5.69 Å². The van der Waals surface area contributed by atoms with Gasteiger partial charge in [0, 0.05) is 24.5 Å². The minimum atomic E-state index is -0.268. The van der Waals surface area contributed by atoms with Gasteiger partial charge in [0.15, 0.2) is 0 Å². The number of aromatic nitrogens is 2. The van der Waals surface area contributed by atoms with Crippen LogP contribution in [-0.2, 0) is 16.1 Å². The van der Waals surface area contributed by atoms with Gasteiger partial charge in [-0.25, -0.2) is 4.98 Å². The molecule has 116 valence electrons. The molecule has 1 aliphatic heterocycles. The Labute approximate surface area is 130 Å². The highest BCUT2D eigenvalue weighted by Crippen LogP contribution is 2.15. The largest absolute Gasteiger partial charge is 0.368 e. The molecule has 0 radical (unpaired) electrons. The van der Waals surface area contributed by atoms with Crippen molar-refractivity contribution in [2.75, 3.05) is 6.61 Å². The molecule has 1 aromatic carbocycles. The second kappa shape index (κ2) is 6.32. The smallest absolute Gasteiger partial charge is 0.249 e. The van der Waals surface area contributed by atoms with Crippen LogP contribution in [-0.4, -0.2) is 28.2 Å². The Kier molecular flexibility index (Phi) is 4.24. The second-order valence-corrected chi connectivity index (χ2v) is 5.67. The molecule has 0 aliphatic carbocycles. The lowest BCUT2D eigenvalue weighted by Gasteiger charge is -2.11. The highest BCUT2D eigenvalue weighted by molar-refractivity contribution is 5.80. The summed E-state index contributed by atoms with van der Waals surface area (Å²) in [5.74, 6) is -0.0114. The lowest BCUT2D eigenvalue weighted by Crippen LogP contribution is -2.33. The molecule has 3 rings (SSSR count). The monoisotopic (exact) mass is 299 g/mol. The van der Waals surface area contributed by atoms with Gasteiger partial charge >= 0.3 is 0 Å². The third-order valence-electron chi connectivity index (χ3n) is 4.16. The predicted octanol–water partition coefficient (Wildman–Crippen LogP) is 2.28. The van der Waals surface area contributed by atoms with Crippen molar-refractivity contribution in [1.29, 1.82) is 0 Å². The highest BCUT2D eigenvalue weighted by Gasteiger charge is 2.22. The molecule has 1 atom stereocenters. The Balaban J connectivity index is 1.62. The van der Waals surface area contributed by atoms with E-state index in [-0.39, 0.29) is 12.0 Å². The van der Waals surface area contributed by atoms with Crippen LogP contribution in [0.15, 0.2) is 30.6 Å². The first-order valence-electron chi connectivity index (χ1n) is 7.64. The molecule has 22 heavy (non-hydrogen) atoms. The Morgan fingerprint density at radius 2 is 2.14 bits per heavy atom. The fraction of sp³-hybridized carbons (Fsp3) is 0.412. The number of ether oxygens (including phenoxy) is 1. The first kappa shape index (κ1) is 14.8. The summed E-state index contributed by atoms with van der Waals surface area (Å²) in [6.45, 7) is 5.27. The van der Waals surface area contributed by atoms with Gasteiger partial charge in [-0.1, -0.05) is 12.1 Å². The van der Waals surface area contributed by atoms with Crippen LogP contribution in [0.1, 0.15) is 29.8 Å². The molecule has 2 aromatic rings. The van der Waals surface area contributed by atoms with Crippen molar-refractivity contribution in [2.45, 2.75) is 39.3 Å². The number of hydrogen-bond acceptors (Lipinski definition) is 3. The first-order chi connectivity index (χ1) is 10.6. The number of imidazole rings is 1. The van der Waals surface area contributed by atoms with Gasteiger partial charge in [0.05, 0.1) is 12.0 Å². The third kappa shape index (κ3) is 3.04. The topological polar surface area (TPSA) is 56.2 Å². The molecule has 5 nitrogen and oxygen atoms in total. The number of hydrogen-bond donors (Lipinski definition) is 1. The molecular weight excluding hydrogens is 278 g/mol. The molecular formula is C17H21N3O2. The summed E-state index contributed by atoms with van der Waals surface area (Å²) in [4.78, 5) is 16.2. The fourth-order valence-corrected chi connectivity index (χ4v) is 2.62. The first-order valence-corrected chi connectivity index (χ1v) is 7.64. The van der Waals surface area contributed by atoms with Gasteiger partial charge < -0.3 is 14.6 Å². The van der Waals surface area contributed by atoms with Crippen LogP contribution in [0.2, 0.25) is 0 Å². The molecule has 1 aliphatic rings. The summed E-state index contributed by atoms with van der Waals surface area (Å²) in [6.07, 6.45) is 3.36. The number of rotatable bonds is 4. The van der Waals surface area contributed by atoms with Crippen molar-refractivity contribution in [2.24, 2.45) is 0 Å². The number of benzene rings is 1. The number of carbonyl (C=O) groups excluding carboxylic acids is 1. The van der Waals surface area contributed by atoms with E-state index in [0.29, 0.717) is 13.2 Å². The van der Waals surface area contributed by atoms with Gasteiger partial charge in [-0.15, -0.1) is 0 Å². The lowest BCUT2D eigenvalue weighted by atomic mass is 10.2. The number of nitrogens with zero attached hydrogens (tertiary/aromatic N) is 2. The van der Waals surface area contributed by atoms with Gasteiger partial charge in [-0.2, -0.15) is 0 Å². The normalized spacial score (nSPS) is 17.6. The van der Waals surface area contributed by atoms with E-state index in [1.165, 1.54) is 0 Å².